The molecule has 10 nitrogen and oxygen atoms in total. The number of aromatic nitrogens is 1. The number of benzene rings is 1. The van der Waals surface area contributed by atoms with Crippen LogP contribution in [-0.2, 0) is 16.1 Å². The molecular weight excluding hydrogens is 525 g/mol. The first-order valence-electron chi connectivity index (χ1n) is 13.3. The lowest BCUT2D eigenvalue weighted by molar-refractivity contribution is -0.202. The molecular formula is C27H31F3N8O2. The number of piperazine rings is 1. The van der Waals surface area contributed by atoms with Crippen molar-refractivity contribution in [1.29, 1.82) is 5.26 Å². The van der Waals surface area contributed by atoms with E-state index in [-0.39, 0.29) is 25.0 Å². The normalized spacial score (nSPS) is 23.4. The van der Waals surface area contributed by atoms with Gasteiger partial charge in [-0.1, -0.05) is 24.3 Å². The molecule has 2 unspecified atom stereocenters. The lowest BCUT2D eigenvalue weighted by Crippen LogP contribution is -2.64. The van der Waals surface area contributed by atoms with E-state index in [1.807, 2.05) is 30.3 Å². The molecule has 0 spiro atoms. The van der Waals surface area contributed by atoms with E-state index in [4.69, 9.17) is 5.26 Å². The molecule has 1 aromatic heterocycles. The molecule has 0 saturated carbocycles. The summed E-state index contributed by atoms with van der Waals surface area (Å²) in [6.07, 6.45) is -2.64. The van der Waals surface area contributed by atoms with Crippen molar-refractivity contribution >= 4 is 17.6 Å². The molecule has 3 aliphatic rings. The number of rotatable bonds is 7. The van der Waals surface area contributed by atoms with Gasteiger partial charge < -0.3 is 15.1 Å². The largest absolute Gasteiger partial charge is 0.402 e. The molecule has 0 bridgehead atoms. The van der Waals surface area contributed by atoms with Gasteiger partial charge in [0.2, 0.25) is 11.8 Å². The lowest BCUT2D eigenvalue weighted by Gasteiger charge is -2.41. The van der Waals surface area contributed by atoms with E-state index in [0.717, 1.165) is 16.9 Å². The van der Waals surface area contributed by atoms with Crippen molar-refractivity contribution < 1.29 is 22.8 Å². The Bertz CT molecular complexity index is 1260. The Labute approximate surface area is 230 Å². The highest BCUT2D eigenvalue weighted by Gasteiger charge is 2.54. The van der Waals surface area contributed by atoms with Crippen LogP contribution in [0.1, 0.15) is 29.2 Å². The summed E-state index contributed by atoms with van der Waals surface area (Å²) in [5, 5.41) is 12.1. The molecule has 4 heterocycles. The Kier molecular flexibility index (Phi) is 8.20. The van der Waals surface area contributed by atoms with Gasteiger partial charge in [0.1, 0.15) is 11.9 Å². The molecule has 2 aromatic rings. The zero-order chi connectivity index (χ0) is 28.3. The number of hydrazine groups is 1. The van der Waals surface area contributed by atoms with Gasteiger partial charge in [-0.05, 0) is 36.2 Å². The van der Waals surface area contributed by atoms with Crippen LogP contribution in [0, 0.1) is 17.2 Å². The van der Waals surface area contributed by atoms with Crippen LogP contribution in [0.3, 0.4) is 0 Å². The second kappa shape index (κ2) is 11.8. The minimum Gasteiger partial charge on any atom is -0.353 e. The van der Waals surface area contributed by atoms with E-state index in [2.05, 4.69) is 26.1 Å². The standard InChI is InChI=1S/C27H31F3N8O2/c28-27(29,30)25-22(15-34-35-26(25)40)38-17-19-3-1-2-4-20(19)21(38)7-8-32-16-24(39)37-11-9-36(10-12-37)23-6-5-18(13-31)14-33-23/h1-6,14,21-22,25,32,34H,7-12,15-17H2,(H,35,40)/t21-,22?,25?/m0/s1. The molecule has 212 valence electrons. The summed E-state index contributed by atoms with van der Waals surface area (Å²) >= 11 is 0. The third kappa shape index (κ3) is 5.89. The predicted molar refractivity (Wildman–Crippen MR) is 139 cm³/mol. The Morgan fingerprint density at radius 1 is 1.15 bits per heavy atom. The second-order valence-corrected chi connectivity index (χ2v) is 10.2. The minimum atomic E-state index is -4.67. The van der Waals surface area contributed by atoms with Crippen LogP contribution in [0.15, 0.2) is 42.6 Å². The highest BCUT2D eigenvalue weighted by atomic mass is 19.4. The number of anilines is 1. The number of nitrogens with one attached hydrogen (secondary N) is 3. The van der Waals surface area contributed by atoms with Crippen molar-refractivity contribution in [3.8, 4) is 6.07 Å². The van der Waals surface area contributed by atoms with Gasteiger partial charge in [-0.3, -0.25) is 19.9 Å². The molecule has 3 atom stereocenters. The number of halogens is 3. The number of pyridine rings is 1. The van der Waals surface area contributed by atoms with Crippen molar-refractivity contribution in [2.45, 2.75) is 31.2 Å². The highest BCUT2D eigenvalue weighted by molar-refractivity contribution is 5.80. The quantitative estimate of drug-likeness (QED) is 0.438. The number of alkyl halides is 3. The number of fused-ring (bicyclic) bond motifs is 1. The fourth-order valence-corrected chi connectivity index (χ4v) is 5.82. The second-order valence-electron chi connectivity index (χ2n) is 10.2. The number of nitrogens with zero attached hydrogens (tertiary/aromatic N) is 5. The number of hydrogen-bond acceptors (Lipinski definition) is 8. The van der Waals surface area contributed by atoms with Crippen LogP contribution >= 0.6 is 0 Å². The Hall–Kier alpha value is -3.73. The van der Waals surface area contributed by atoms with Gasteiger partial charge in [-0.25, -0.2) is 10.4 Å². The average molecular weight is 557 g/mol. The SMILES string of the molecule is N#Cc1ccc(N2CCN(C(=O)CNCC[C@H]3c4ccccc4CN3C3CNNC(=O)C3C(F)(F)F)CC2)nc1. The van der Waals surface area contributed by atoms with Crippen LogP contribution in [-0.4, -0.2) is 84.6 Å². The number of carbonyl (C=O) groups excluding carboxylic acids is 2. The lowest BCUT2D eigenvalue weighted by atomic mass is 9.93. The van der Waals surface area contributed by atoms with E-state index in [1.54, 1.807) is 21.9 Å². The van der Waals surface area contributed by atoms with Crippen LogP contribution in [0.2, 0.25) is 0 Å². The maximum atomic E-state index is 13.9. The molecule has 2 saturated heterocycles. The van der Waals surface area contributed by atoms with E-state index in [9.17, 15) is 22.8 Å². The van der Waals surface area contributed by atoms with E-state index < -0.39 is 24.0 Å². The van der Waals surface area contributed by atoms with Crippen molar-refractivity contribution in [3.05, 3.63) is 59.3 Å². The Morgan fingerprint density at radius 2 is 1.93 bits per heavy atom. The smallest absolute Gasteiger partial charge is 0.353 e. The molecule has 2 amide bonds. The van der Waals surface area contributed by atoms with E-state index in [0.29, 0.717) is 51.3 Å². The van der Waals surface area contributed by atoms with Gasteiger partial charge in [0.05, 0.1) is 12.1 Å². The summed E-state index contributed by atoms with van der Waals surface area (Å²) in [7, 11) is 0. The first-order valence-corrected chi connectivity index (χ1v) is 13.3. The third-order valence-electron chi connectivity index (χ3n) is 7.84. The Morgan fingerprint density at radius 3 is 2.62 bits per heavy atom. The summed E-state index contributed by atoms with van der Waals surface area (Å²) in [5.74, 6) is -2.47. The monoisotopic (exact) mass is 556 g/mol. The van der Waals surface area contributed by atoms with Gasteiger partial charge in [-0.2, -0.15) is 18.4 Å². The summed E-state index contributed by atoms with van der Waals surface area (Å²) < 4.78 is 41.7. The van der Waals surface area contributed by atoms with E-state index >= 15 is 0 Å². The van der Waals surface area contributed by atoms with Gasteiger partial charge >= 0.3 is 6.18 Å². The molecule has 1 aromatic carbocycles. The van der Waals surface area contributed by atoms with E-state index in [1.165, 1.54) is 6.20 Å². The molecule has 3 N–H and O–H groups in total. The molecule has 0 aliphatic carbocycles. The summed E-state index contributed by atoms with van der Waals surface area (Å²) in [4.78, 5) is 35.0. The van der Waals surface area contributed by atoms with Gasteiger partial charge in [-0.15, -0.1) is 0 Å². The number of amides is 2. The van der Waals surface area contributed by atoms with Gasteiger partial charge in [0.15, 0.2) is 5.92 Å². The maximum Gasteiger partial charge on any atom is 0.402 e. The number of carbonyl (C=O) groups is 2. The third-order valence-corrected chi connectivity index (χ3v) is 7.84. The Balaban J connectivity index is 1.15. The van der Waals surface area contributed by atoms with Gasteiger partial charge in [0.25, 0.3) is 0 Å². The summed E-state index contributed by atoms with van der Waals surface area (Å²) in [5.41, 5.74) is 7.15. The average Bonchev–Trinajstić information content (AvgIpc) is 3.33. The zero-order valence-corrected chi connectivity index (χ0v) is 21.8. The van der Waals surface area contributed by atoms with Crippen LogP contribution in [0.5, 0.6) is 0 Å². The number of nitriles is 1. The van der Waals surface area contributed by atoms with Crippen molar-refractivity contribution in [1.82, 2.24) is 31.0 Å². The fourth-order valence-electron chi connectivity index (χ4n) is 5.82. The first-order chi connectivity index (χ1) is 19.3. The molecule has 2 fully saturated rings. The molecule has 40 heavy (non-hydrogen) atoms. The fraction of sp³-hybridized carbons (Fsp3) is 0.481. The summed E-state index contributed by atoms with van der Waals surface area (Å²) in [6, 6.07) is 11.8. The molecule has 0 radical (unpaired) electrons. The first kappa shape index (κ1) is 27.8. The van der Waals surface area contributed by atoms with Crippen LogP contribution in [0.4, 0.5) is 19.0 Å². The molecule has 13 heteroatoms. The molecule has 3 aliphatic heterocycles. The van der Waals surface area contributed by atoms with Crippen LogP contribution in [0.25, 0.3) is 0 Å². The van der Waals surface area contributed by atoms with Gasteiger partial charge in [0, 0.05) is 57.5 Å². The maximum absolute atomic E-state index is 13.9. The number of hydrogen-bond donors (Lipinski definition) is 3. The molecule has 5 rings (SSSR count). The minimum absolute atomic E-state index is 0.0176. The predicted octanol–water partition coefficient (Wildman–Crippen LogP) is 1.32. The van der Waals surface area contributed by atoms with Crippen molar-refractivity contribution in [2.75, 3.05) is 50.7 Å². The van der Waals surface area contributed by atoms with Crippen molar-refractivity contribution in [2.24, 2.45) is 5.92 Å². The summed E-state index contributed by atoms with van der Waals surface area (Å²) in [6.45, 7) is 3.20. The zero-order valence-electron chi connectivity index (χ0n) is 21.8. The highest BCUT2D eigenvalue weighted by Crippen LogP contribution is 2.42. The van der Waals surface area contributed by atoms with Crippen molar-refractivity contribution in [3.63, 3.8) is 0 Å². The van der Waals surface area contributed by atoms with Crippen LogP contribution < -0.4 is 21.1 Å². The topological polar surface area (TPSA) is 117 Å².